The molecule has 6 nitrogen and oxygen atoms in total. The molecule has 1 saturated heterocycles. The van der Waals surface area contributed by atoms with Crippen LogP contribution in [-0.2, 0) is 19.1 Å². The van der Waals surface area contributed by atoms with Gasteiger partial charge in [-0.1, -0.05) is 35.0 Å². The van der Waals surface area contributed by atoms with E-state index >= 15 is 0 Å². The lowest BCUT2D eigenvalue weighted by Crippen LogP contribution is -2.31. The summed E-state index contributed by atoms with van der Waals surface area (Å²) in [6.45, 7) is 2.89. The van der Waals surface area contributed by atoms with Crippen LogP contribution < -0.4 is 5.73 Å². The lowest BCUT2D eigenvalue weighted by molar-refractivity contribution is -0.176. The maximum Gasteiger partial charge on any atom is 0.323 e. The minimum Gasteiger partial charge on any atom is -0.382 e. The lowest BCUT2D eigenvalue weighted by Gasteiger charge is -2.27. The predicted molar refractivity (Wildman–Crippen MR) is 77.4 cm³/mol. The number of benzene rings is 1. The molecule has 0 saturated carbocycles. The maximum absolute atomic E-state index is 10.3. The molecule has 1 aliphatic heterocycles. The van der Waals surface area contributed by atoms with E-state index in [1.807, 2.05) is 31.2 Å². The number of carbonyl (C=O) groups excluding carboxylic acids is 1. The molecule has 1 heterocycles. The zero-order chi connectivity index (χ0) is 15.1. The van der Waals surface area contributed by atoms with Gasteiger partial charge in [0.05, 0.1) is 0 Å². The number of ether oxygens (including phenoxy) is 2. The number of carbonyl (C=O) groups is 1. The summed E-state index contributed by atoms with van der Waals surface area (Å²) in [5.41, 5.74) is 7.85. The molecule has 2 rings (SSSR count). The number of hydrogen-bond donors (Lipinski definition) is 1. The summed E-state index contributed by atoms with van der Waals surface area (Å²) in [6.07, 6.45) is 1.97. The molecule has 0 amide bonds. The summed E-state index contributed by atoms with van der Waals surface area (Å²) in [7, 11) is 0. The SMILES string of the molecule is Cc1ccc(C(OC2CCCCO2)/C(N)=N/OC=O)cc1. The van der Waals surface area contributed by atoms with E-state index in [0.717, 1.165) is 30.4 Å². The third kappa shape index (κ3) is 4.54. The van der Waals surface area contributed by atoms with Gasteiger partial charge in [0.2, 0.25) is 0 Å². The smallest absolute Gasteiger partial charge is 0.323 e. The van der Waals surface area contributed by atoms with Gasteiger partial charge in [-0.2, -0.15) is 0 Å². The van der Waals surface area contributed by atoms with Crippen molar-refractivity contribution in [3.8, 4) is 0 Å². The Morgan fingerprint density at radius 3 is 2.81 bits per heavy atom. The Bertz CT molecular complexity index is 481. The zero-order valence-corrected chi connectivity index (χ0v) is 12.0. The molecule has 0 aromatic heterocycles. The van der Waals surface area contributed by atoms with E-state index in [1.165, 1.54) is 0 Å². The van der Waals surface area contributed by atoms with Crippen LogP contribution in [0.1, 0.15) is 36.5 Å². The van der Waals surface area contributed by atoms with E-state index in [-0.39, 0.29) is 18.6 Å². The topological polar surface area (TPSA) is 83.1 Å². The Morgan fingerprint density at radius 2 is 2.19 bits per heavy atom. The van der Waals surface area contributed by atoms with Gasteiger partial charge >= 0.3 is 6.47 Å². The Hall–Kier alpha value is -1.92. The lowest BCUT2D eigenvalue weighted by atomic mass is 10.1. The van der Waals surface area contributed by atoms with Gasteiger partial charge in [0.1, 0.15) is 6.10 Å². The second-order valence-electron chi connectivity index (χ2n) is 4.94. The molecule has 0 radical (unpaired) electrons. The summed E-state index contributed by atoms with van der Waals surface area (Å²) in [6, 6.07) is 7.74. The van der Waals surface area contributed by atoms with Crippen molar-refractivity contribution >= 4 is 12.3 Å². The van der Waals surface area contributed by atoms with Gasteiger partial charge in [-0.25, -0.2) is 0 Å². The molecule has 6 heteroatoms. The molecular formula is C15H20N2O4. The Morgan fingerprint density at radius 1 is 1.43 bits per heavy atom. The summed E-state index contributed by atoms with van der Waals surface area (Å²) < 4.78 is 11.5. The Kier molecular flexibility index (Phi) is 5.71. The summed E-state index contributed by atoms with van der Waals surface area (Å²) in [4.78, 5) is 14.6. The molecule has 1 aromatic carbocycles. The summed E-state index contributed by atoms with van der Waals surface area (Å²) >= 11 is 0. The average Bonchev–Trinajstić information content (AvgIpc) is 2.52. The van der Waals surface area contributed by atoms with E-state index in [9.17, 15) is 4.79 Å². The van der Waals surface area contributed by atoms with Crippen molar-refractivity contribution in [2.75, 3.05) is 6.61 Å². The van der Waals surface area contributed by atoms with Gasteiger partial charge in [0, 0.05) is 6.61 Å². The van der Waals surface area contributed by atoms with Crippen LogP contribution in [0.25, 0.3) is 0 Å². The van der Waals surface area contributed by atoms with Crippen LogP contribution in [0.3, 0.4) is 0 Å². The van der Waals surface area contributed by atoms with Gasteiger partial charge < -0.3 is 20.0 Å². The van der Waals surface area contributed by atoms with Gasteiger partial charge in [-0.3, -0.25) is 4.79 Å². The van der Waals surface area contributed by atoms with Crippen LogP contribution in [0.2, 0.25) is 0 Å². The van der Waals surface area contributed by atoms with Gasteiger partial charge in [-0.15, -0.1) is 0 Å². The number of hydrogen-bond acceptors (Lipinski definition) is 5. The highest BCUT2D eigenvalue weighted by Crippen LogP contribution is 2.24. The molecule has 0 spiro atoms. The fraction of sp³-hybridized carbons (Fsp3) is 0.467. The molecule has 1 aromatic rings. The van der Waals surface area contributed by atoms with E-state index in [4.69, 9.17) is 15.2 Å². The van der Waals surface area contributed by atoms with E-state index < -0.39 is 6.10 Å². The summed E-state index contributed by atoms with van der Waals surface area (Å²) in [5, 5.41) is 3.55. The predicted octanol–water partition coefficient (Wildman–Crippen LogP) is 2.02. The minimum absolute atomic E-state index is 0.0835. The molecule has 1 fully saturated rings. The first-order valence-electron chi connectivity index (χ1n) is 6.97. The molecule has 2 N–H and O–H groups in total. The maximum atomic E-state index is 10.3. The van der Waals surface area contributed by atoms with Crippen molar-refractivity contribution in [3.05, 3.63) is 35.4 Å². The number of amidine groups is 1. The summed E-state index contributed by atoms with van der Waals surface area (Å²) in [5.74, 6) is 0.0835. The second-order valence-corrected chi connectivity index (χ2v) is 4.94. The first kappa shape index (κ1) is 15.5. The molecule has 0 bridgehead atoms. The average molecular weight is 292 g/mol. The Balaban J connectivity index is 2.16. The third-order valence-electron chi connectivity index (χ3n) is 3.28. The molecule has 1 aliphatic rings. The molecular weight excluding hydrogens is 272 g/mol. The monoisotopic (exact) mass is 292 g/mol. The van der Waals surface area contributed by atoms with Crippen LogP contribution in [0.4, 0.5) is 0 Å². The van der Waals surface area contributed by atoms with Gasteiger partial charge in [-0.05, 0) is 31.7 Å². The highest BCUT2D eigenvalue weighted by atomic mass is 16.7. The van der Waals surface area contributed by atoms with Crippen molar-refractivity contribution in [2.45, 2.75) is 38.6 Å². The quantitative estimate of drug-likeness (QED) is 0.285. The van der Waals surface area contributed by atoms with E-state index in [0.29, 0.717) is 6.61 Å². The standard InChI is InChI=1S/C15H20N2O4/c1-11-5-7-12(8-6-11)14(15(16)17-20-10-18)21-13-4-2-3-9-19-13/h5-8,10,13-14H,2-4,9H2,1H3,(H2,16,17). The number of nitrogens with two attached hydrogens (primary N) is 1. The van der Waals surface area contributed by atoms with Crippen LogP contribution in [0, 0.1) is 6.92 Å². The molecule has 21 heavy (non-hydrogen) atoms. The number of rotatable bonds is 6. The fourth-order valence-electron chi connectivity index (χ4n) is 2.16. The molecule has 2 atom stereocenters. The van der Waals surface area contributed by atoms with E-state index in [1.54, 1.807) is 0 Å². The number of nitrogens with zero attached hydrogens (tertiary/aromatic N) is 1. The number of aryl methyl sites for hydroxylation is 1. The van der Waals surface area contributed by atoms with E-state index in [2.05, 4.69) is 9.99 Å². The van der Waals surface area contributed by atoms with Crippen molar-refractivity contribution in [3.63, 3.8) is 0 Å². The first-order valence-corrected chi connectivity index (χ1v) is 6.97. The first-order chi connectivity index (χ1) is 10.2. The van der Waals surface area contributed by atoms with Gasteiger partial charge in [0.15, 0.2) is 12.1 Å². The highest BCUT2D eigenvalue weighted by Gasteiger charge is 2.24. The van der Waals surface area contributed by atoms with Crippen molar-refractivity contribution in [1.29, 1.82) is 0 Å². The molecule has 114 valence electrons. The van der Waals surface area contributed by atoms with Crippen LogP contribution in [0.5, 0.6) is 0 Å². The Labute approximate surface area is 123 Å². The largest absolute Gasteiger partial charge is 0.382 e. The van der Waals surface area contributed by atoms with Crippen LogP contribution in [-0.4, -0.2) is 25.2 Å². The fourth-order valence-corrected chi connectivity index (χ4v) is 2.16. The van der Waals surface area contributed by atoms with Crippen molar-refractivity contribution in [1.82, 2.24) is 0 Å². The minimum atomic E-state index is -0.603. The van der Waals surface area contributed by atoms with Crippen molar-refractivity contribution in [2.24, 2.45) is 10.9 Å². The van der Waals surface area contributed by atoms with Gasteiger partial charge in [0.25, 0.3) is 0 Å². The normalized spacial score (nSPS) is 20.8. The molecule has 2 unspecified atom stereocenters. The third-order valence-corrected chi connectivity index (χ3v) is 3.28. The highest BCUT2D eigenvalue weighted by molar-refractivity contribution is 5.85. The van der Waals surface area contributed by atoms with Crippen LogP contribution >= 0.6 is 0 Å². The number of oxime groups is 1. The van der Waals surface area contributed by atoms with Crippen LogP contribution in [0.15, 0.2) is 29.4 Å². The second kappa shape index (κ2) is 7.75. The molecule has 0 aliphatic carbocycles. The zero-order valence-electron chi connectivity index (χ0n) is 12.0. The van der Waals surface area contributed by atoms with Crippen molar-refractivity contribution < 1.29 is 19.1 Å².